The summed E-state index contributed by atoms with van der Waals surface area (Å²) in [5.41, 5.74) is 2.17. The van der Waals surface area contributed by atoms with Gasteiger partial charge in [-0.1, -0.05) is 37.3 Å². The SMILES string of the molecule is C#CC1(O)CCC2C3CCC4=CC(=O)CCC4C3CCC21CC.C#C[C@]1(O)CC[C@H]2[C@@H]3CCc4cc(O)ccc4[C@H]3CC[C@@]21C. The molecule has 0 aliphatic heterocycles. The van der Waals surface area contributed by atoms with Crippen LogP contribution >= 0.6 is 0 Å². The molecule has 0 heterocycles. The molecule has 5 saturated carbocycles. The third kappa shape index (κ3) is 4.45. The first kappa shape index (κ1) is 31.1. The lowest BCUT2D eigenvalue weighted by Gasteiger charge is -2.55. The maximum absolute atomic E-state index is 11.8. The fourth-order valence-corrected chi connectivity index (χ4v) is 12.8. The van der Waals surface area contributed by atoms with Crippen molar-refractivity contribution < 1.29 is 20.1 Å². The molecule has 240 valence electrons. The van der Waals surface area contributed by atoms with Crippen molar-refractivity contribution in [1.82, 2.24) is 0 Å². The van der Waals surface area contributed by atoms with E-state index in [9.17, 15) is 20.1 Å². The molecule has 7 aliphatic rings. The van der Waals surface area contributed by atoms with Crippen molar-refractivity contribution in [2.45, 2.75) is 127 Å². The highest BCUT2D eigenvalue weighted by molar-refractivity contribution is 5.91. The van der Waals surface area contributed by atoms with Crippen LogP contribution in [0, 0.1) is 71.0 Å². The molecule has 11 atom stereocenters. The summed E-state index contributed by atoms with van der Waals surface area (Å²) in [4.78, 5) is 11.8. The van der Waals surface area contributed by atoms with Gasteiger partial charge < -0.3 is 15.3 Å². The van der Waals surface area contributed by atoms with Crippen molar-refractivity contribution in [2.75, 3.05) is 0 Å². The van der Waals surface area contributed by atoms with E-state index in [1.807, 2.05) is 18.2 Å². The monoisotopic (exact) mass is 608 g/mol. The van der Waals surface area contributed by atoms with E-state index in [1.165, 1.54) is 29.5 Å². The Kier molecular flexibility index (Phi) is 7.62. The summed E-state index contributed by atoms with van der Waals surface area (Å²) in [5, 5.41) is 31.7. The molecule has 0 spiro atoms. The molecule has 0 saturated heterocycles. The van der Waals surface area contributed by atoms with Crippen molar-refractivity contribution in [1.29, 1.82) is 0 Å². The molecular formula is C41H52O4. The molecule has 4 heteroatoms. The number of aliphatic hydroxyl groups is 2. The van der Waals surface area contributed by atoms with E-state index >= 15 is 0 Å². The first-order chi connectivity index (χ1) is 21.5. The number of fused-ring (bicyclic) bond motifs is 10. The number of hydrogen-bond acceptors (Lipinski definition) is 4. The summed E-state index contributed by atoms with van der Waals surface area (Å²) in [7, 11) is 0. The standard InChI is InChI=1S/C21H28O2.C20H24O2/c1-3-20-11-9-17-16-8-6-15(22)13-14(16)5-7-18(17)19(20)10-12-21(20,23)4-2;1-3-20(22)11-9-18-17-6-4-13-12-14(21)5-7-15(13)16(17)8-10-19(18,20)2/h2,13,16-19,23H,3,5-12H2,1H3;1,5,7,12,16-18,21-22H,4,6,8-11H2,2H3/t;16-,17-,18+,19+,20+/m.1/s1. The van der Waals surface area contributed by atoms with Gasteiger partial charge in [-0.25, -0.2) is 0 Å². The number of phenolic OH excluding ortho intramolecular Hbond substituents is 1. The van der Waals surface area contributed by atoms with Gasteiger partial charge in [0, 0.05) is 17.3 Å². The minimum atomic E-state index is -0.919. The Morgan fingerprint density at radius 2 is 1.53 bits per heavy atom. The quantitative estimate of drug-likeness (QED) is 0.289. The third-order valence-corrected chi connectivity index (χ3v) is 15.1. The van der Waals surface area contributed by atoms with E-state index < -0.39 is 11.2 Å². The van der Waals surface area contributed by atoms with Crippen molar-refractivity contribution in [3.63, 3.8) is 0 Å². The molecule has 3 N–H and O–H groups in total. The summed E-state index contributed by atoms with van der Waals surface area (Å²) < 4.78 is 0. The van der Waals surface area contributed by atoms with Crippen molar-refractivity contribution in [3.05, 3.63) is 41.0 Å². The molecule has 7 aliphatic carbocycles. The van der Waals surface area contributed by atoms with Gasteiger partial charge in [-0.2, -0.15) is 0 Å². The average molecular weight is 609 g/mol. The fraction of sp³-hybridized carbons (Fsp3) is 0.683. The molecule has 8 rings (SSSR count). The number of ketones is 1. The second-order valence-corrected chi connectivity index (χ2v) is 16.2. The molecule has 0 radical (unpaired) electrons. The Morgan fingerprint density at radius 1 is 0.800 bits per heavy atom. The van der Waals surface area contributed by atoms with E-state index in [4.69, 9.17) is 12.8 Å². The smallest absolute Gasteiger partial charge is 0.155 e. The lowest BCUT2D eigenvalue weighted by molar-refractivity contribution is -0.117. The summed E-state index contributed by atoms with van der Waals surface area (Å²) in [6.45, 7) is 4.43. The van der Waals surface area contributed by atoms with Crippen LogP contribution in [-0.2, 0) is 11.2 Å². The third-order valence-electron chi connectivity index (χ3n) is 15.1. The van der Waals surface area contributed by atoms with Gasteiger partial charge in [0.15, 0.2) is 5.78 Å². The highest BCUT2D eigenvalue weighted by Gasteiger charge is 2.64. The molecule has 6 unspecified atom stereocenters. The Balaban J connectivity index is 0.000000145. The molecular weight excluding hydrogens is 556 g/mol. The lowest BCUT2D eigenvalue weighted by Crippen LogP contribution is -2.53. The van der Waals surface area contributed by atoms with Crippen molar-refractivity contribution >= 4 is 5.78 Å². The second-order valence-electron chi connectivity index (χ2n) is 16.2. The van der Waals surface area contributed by atoms with Gasteiger partial charge in [0.2, 0.25) is 0 Å². The number of carbonyl (C=O) groups excluding carboxylic acids is 1. The molecule has 0 bridgehead atoms. The van der Waals surface area contributed by atoms with Crippen LogP contribution in [0.15, 0.2) is 29.8 Å². The van der Waals surface area contributed by atoms with Gasteiger partial charge in [-0.3, -0.25) is 4.79 Å². The van der Waals surface area contributed by atoms with Gasteiger partial charge >= 0.3 is 0 Å². The highest BCUT2D eigenvalue weighted by atomic mass is 16.3. The Morgan fingerprint density at radius 3 is 2.29 bits per heavy atom. The van der Waals surface area contributed by atoms with Gasteiger partial charge in [0.05, 0.1) is 0 Å². The largest absolute Gasteiger partial charge is 0.508 e. The minimum absolute atomic E-state index is 0.0609. The summed E-state index contributed by atoms with van der Waals surface area (Å²) >= 11 is 0. The Bertz CT molecular complexity index is 1480. The number of aryl methyl sites for hydroxylation is 1. The number of allylic oxidation sites excluding steroid dienone is 1. The van der Waals surface area contributed by atoms with Crippen molar-refractivity contribution in [2.24, 2.45) is 46.3 Å². The zero-order valence-electron chi connectivity index (χ0n) is 27.4. The molecule has 0 amide bonds. The van der Waals surface area contributed by atoms with Gasteiger partial charge in [-0.15, -0.1) is 12.8 Å². The first-order valence-corrected chi connectivity index (χ1v) is 18.0. The highest BCUT2D eigenvalue weighted by Crippen LogP contribution is 2.66. The van der Waals surface area contributed by atoms with Crippen LogP contribution in [0.4, 0.5) is 0 Å². The number of phenols is 1. The number of hydrogen-bond donors (Lipinski definition) is 3. The van der Waals surface area contributed by atoms with Crippen LogP contribution in [0.1, 0.15) is 121 Å². The van der Waals surface area contributed by atoms with E-state index in [2.05, 4.69) is 31.8 Å². The molecule has 0 aromatic heterocycles. The van der Waals surface area contributed by atoms with Crippen LogP contribution in [0.2, 0.25) is 0 Å². The van der Waals surface area contributed by atoms with E-state index in [0.717, 1.165) is 83.5 Å². The van der Waals surface area contributed by atoms with Gasteiger partial charge in [-0.05, 0) is 161 Å². The van der Waals surface area contributed by atoms with Crippen LogP contribution in [0.5, 0.6) is 5.75 Å². The molecule has 45 heavy (non-hydrogen) atoms. The Hall–Kier alpha value is -2.53. The fourth-order valence-electron chi connectivity index (χ4n) is 12.8. The maximum atomic E-state index is 11.8. The number of aromatic hydroxyl groups is 1. The van der Waals surface area contributed by atoms with Gasteiger partial charge in [0.25, 0.3) is 0 Å². The van der Waals surface area contributed by atoms with E-state index in [-0.39, 0.29) is 10.8 Å². The predicted molar refractivity (Wildman–Crippen MR) is 177 cm³/mol. The normalized spacial score (nSPS) is 45.9. The summed E-state index contributed by atoms with van der Waals surface area (Å²) in [6.07, 6.45) is 28.7. The second kappa shape index (κ2) is 11.0. The maximum Gasteiger partial charge on any atom is 0.155 e. The molecule has 1 aromatic carbocycles. The molecule has 4 nitrogen and oxygen atoms in total. The number of carbonyl (C=O) groups is 1. The van der Waals surface area contributed by atoms with Gasteiger partial charge in [0.1, 0.15) is 17.0 Å². The molecule has 1 aromatic rings. The number of terminal acetylenes is 2. The van der Waals surface area contributed by atoms with Crippen molar-refractivity contribution in [3.8, 4) is 30.4 Å². The topological polar surface area (TPSA) is 77.8 Å². The Labute approximate surface area is 270 Å². The zero-order chi connectivity index (χ0) is 31.8. The lowest BCUT2D eigenvalue weighted by atomic mass is 9.49. The van der Waals surface area contributed by atoms with Crippen LogP contribution in [0.25, 0.3) is 0 Å². The van der Waals surface area contributed by atoms with E-state index in [0.29, 0.717) is 53.0 Å². The van der Waals surface area contributed by atoms with Crippen LogP contribution < -0.4 is 0 Å². The zero-order valence-corrected chi connectivity index (χ0v) is 27.4. The minimum Gasteiger partial charge on any atom is -0.508 e. The average Bonchev–Trinajstić information content (AvgIpc) is 3.51. The van der Waals surface area contributed by atoms with E-state index in [1.54, 1.807) is 0 Å². The van der Waals surface area contributed by atoms with Crippen LogP contribution in [-0.4, -0.2) is 32.3 Å². The van der Waals surface area contributed by atoms with Crippen LogP contribution in [0.3, 0.4) is 0 Å². The number of rotatable bonds is 1. The summed E-state index contributed by atoms with van der Waals surface area (Å²) in [5.74, 6) is 10.5. The summed E-state index contributed by atoms with van der Waals surface area (Å²) in [6, 6.07) is 5.87. The predicted octanol–water partition coefficient (Wildman–Crippen LogP) is 7.50. The molecule has 5 fully saturated rings. The number of benzene rings is 1. The first-order valence-electron chi connectivity index (χ1n) is 18.0.